The van der Waals surface area contributed by atoms with Crippen molar-refractivity contribution >= 4 is 17.7 Å². The van der Waals surface area contributed by atoms with Gasteiger partial charge in [-0.15, -0.1) is 0 Å². The van der Waals surface area contributed by atoms with E-state index in [-0.39, 0.29) is 18.0 Å². The van der Waals surface area contributed by atoms with Crippen LogP contribution < -0.4 is 0 Å². The van der Waals surface area contributed by atoms with Gasteiger partial charge in [-0.2, -0.15) is 0 Å². The number of hydrogen-bond donors (Lipinski definition) is 0. The van der Waals surface area contributed by atoms with Crippen LogP contribution in [0.15, 0.2) is 30.3 Å². The van der Waals surface area contributed by atoms with E-state index in [1.54, 1.807) is 4.42 Å². The minimum Gasteiger partial charge on any atom is -0.337 e. The van der Waals surface area contributed by atoms with Crippen LogP contribution in [0.3, 0.4) is 0 Å². The van der Waals surface area contributed by atoms with Gasteiger partial charge in [0.05, 0.1) is 5.41 Å². The van der Waals surface area contributed by atoms with Crippen molar-refractivity contribution in [1.29, 1.82) is 0 Å². The largest absolute Gasteiger partial charge is 0.337 e. The Balaban J connectivity index is 2.43. The van der Waals surface area contributed by atoms with Crippen molar-refractivity contribution in [3.8, 4) is 0 Å². The molecule has 1 aromatic carbocycles. The number of amides is 1. The number of rotatable bonds is 4. The number of halogens is 1. The van der Waals surface area contributed by atoms with Crippen LogP contribution in [0.1, 0.15) is 46.1 Å². The fourth-order valence-electron chi connectivity index (χ4n) is 3.56. The van der Waals surface area contributed by atoms with E-state index in [1.807, 2.05) is 23.1 Å². The number of carbonyl (C=O) groups is 1. The quantitative estimate of drug-likeness (QED) is 0.787. The van der Waals surface area contributed by atoms with E-state index < -0.39 is 5.41 Å². The van der Waals surface area contributed by atoms with Crippen LogP contribution in [0.2, 0.25) is 0 Å². The lowest BCUT2D eigenvalue weighted by molar-refractivity contribution is -0.142. The number of nitrogens with zero attached hydrogens (tertiary/aromatic N) is 2. The number of hydrogen-bond acceptors (Lipinski definition) is 2. The molecule has 0 aliphatic carbocycles. The molecule has 22 heavy (non-hydrogen) atoms. The molecule has 1 aromatic rings. The summed E-state index contributed by atoms with van der Waals surface area (Å²) in [7, 11) is 0. The summed E-state index contributed by atoms with van der Waals surface area (Å²) in [6.45, 7) is 9.85. The summed E-state index contributed by atoms with van der Waals surface area (Å²) in [5.74, 6) is 0.244. The molecule has 122 valence electrons. The summed E-state index contributed by atoms with van der Waals surface area (Å²) < 4.78 is 1.80. The van der Waals surface area contributed by atoms with Crippen LogP contribution in [0.25, 0.3) is 0 Å². The molecule has 1 heterocycles. The third-order valence-electron chi connectivity index (χ3n) is 4.65. The summed E-state index contributed by atoms with van der Waals surface area (Å²) in [6, 6.07) is 10.6. The lowest BCUT2D eigenvalue weighted by Crippen LogP contribution is -2.55. The third kappa shape index (κ3) is 3.31. The van der Waals surface area contributed by atoms with E-state index >= 15 is 0 Å². The molecule has 0 radical (unpaired) electrons. The highest BCUT2D eigenvalue weighted by Gasteiger charge is 2.45. The van der Waals surface area contributed by atoms with E-state index in [1.165, 1.54) is 0 Å². The average Bonchev–Trinajstić information content (AvgIpc) is 2.48. The van der Waals surface area contributed by atoms with E-state index in [0.717, 1.165) is 31.5 Å². The molecule has 1 aliphatic heterocycles. The SMILES string of the molecule is CC(C)N(C(=O)C1(c2ccccc2)CCN(Cl)CC1)C(C)C. The van der Waals surface area contributed by atoms with Crippen molar-refractivity contribution in [2.45, 2.75) is 58.0 Å². The Hall–Kier alpha value is -1.06. The summed E-state index contributed by atoms with van der Waals surface area (Å²) >= 11 is 6.15. The zero-order valence-electron chi connectivity index (χ0n) is 14.1. The van der Waals surface area contributed by atoms with E-state index in [0.29, 0.717) is 0 Å². The first kappa shape index (κ1) is 17.3. The van der Waals surface area contributed by atoms with Gasteiger partial charge in [0.25, 0.3) is 0 Å². The number of piperidine rings is 1. The van der Waals surface area contributed by atoms with Gasteiger partial charge in [-0.05, 0) is 57.9 Å². The van der Waals surface area contributed by atoms with Crippen molar-refractivity contribution in [2.24, 2.45) is 0 Å². The summed E-state index contributed by atoms with van der Waals surface area (Å²) in [6.07, 6.45) is 1.55. The normalized spacial score (nSPS) is 18.7. The molecule has 0 atom stereocenters. The van der Waals surface area contributed by atoms with Crippen LogP contribution in [-0.2, 0) is 10.2 Å². The minimum absolute atomic E-state index is 0.196. The lowest BCUT2D eigenvalue weighted by Gasteiger charge is -2.44. The highest BCUT2D eigenvalue weighted by molar-refractivity contribution is 6.13. The van der Waals surface area contributed by atoms with Gasteiger partial charge in [-0.3, -0.25) is 4.79 Å². The predicted octanol–water partition coefficient (Wildman–Crippen LogP) is 3.82. The standard InChI is InChI=1S/C18H27ClN2O/c1-14(2)21(15(3)4)17(22)18(10-12-20(19)13-11-18)16-8-6-5-7-9-16/h5-9,14-15H,10-13H2,1-4H3. The fraction of sp³-hybridized carbons (Fsp3) is 0.611. The number of carbonyl (C=O) groups excluding carboxylic acids is 1. The third-order valence-corrected chi connectivity index (χ3v) is 4.98. The van der Waals surface area contributed by atoms with Crippen LogP contribution in [0.5, 0.6) is 0 Å². The predicted molar refractivity (Wildman–Crippen MR) is 91.9 cm³/mol. The molecule has 4 heteroatoms. The van der Waals surface area contributed by atoms with Gasteiger partial charge in [0.15, 0.2) is 0 Å². The molecular weight excluding hydrogens is 296 g/mol. The van der Waals surface area contributed by atoms with Crippen LogP contribution >= 0.6 is 11.8 Å². The Morgan fingerprint density at radius 2 is 1.59 bits per heavy atom. The highest BCUT2D eigenvalue weighted by Crippen LogP contribution is 2.38. The van der Waals surface area contributed by atoms with Crippen LogP contribution in [-0.4, -0.2) is 40.4 Å². The first-order valence-corrected chi connectivity index (χ1v) is 8.51. The van der Waals surface area contributed by atoms with Gasteiger partial charge in [0.2, 0.25) is 5.91 Å². The minimum atomic E-state index is -0.443. The lowest BCUT2D eigenvalue weighted by atomic mass is 9.71. The van der Waals surface area contributed by atoms with Crippen molar-refractivity contribution in [1.82, 2.24) is 9.32 Å². The summed E-state index contributed by atoms with van der Waals surface area (Å²) in [5.41, 5.74) is 0.678. The topological polar surface area (TPSA) is 23.6 Å². The second-order valence-corrected chi connectivity index (χ2v) is 7.24. The Labute approximate surface area is 139 Å². The molecule has 1 aliphatic rings. The molecule has 0 saturated carbocycles. The molecule has 0 aromatic heterocycles. The van der Waals surface area contributed by atoms with Crippen LogP contribution in [0.4, 0.5) is 0 Å². The summed E-state index contributed by atoms with van der Waals surface area (Å²) in [5, 5.41) is 0. The second-order valence-electron chi connectivity index (χ2n) is 6.76. The van der Waals surface area contributed by atoms with Crippen molar-refractivity contribution in [2.75, 3.05) is 13.1 Å². The smallest absolute Gasteiger partial charge is 0.233 e. The summed E-state index contributed by atoms with van der Waals surface area (Å²) in [4.78, 5) is 15.5. The van der Waals surface area contributed by atoms with Gasteiger partial charge in [-0.1, -0.05) is 30.3 Å². The monoisotopic (exact) mass is 322 g/mol. The molecule has 1 fully saturated rings. The first-order valence-electron chi connectivity index (χ1n) is 8.17. The van der Waals surface area contributed by atoms with E-state index in [2.05, 4.69) is 39.8 Å². The van der Waals surface area contributed by atoms with Crippen molar-refractivity contribution in [3.63, 3.8) is 0 Å². The van der Waals surface area contributed by atoms with Crippen molar-refractivity contribution in [3.05, 3.63) is 35.9 Å². The maximum atomic E-state index is 13.5. The van der Waals surface area contributed by atoms with Crippen molar-refractivity contribution < 1.29 is 4.79 Å². The molecule has 1 saturated heterocycles. The average molecular weight is 323 g/mol. The number of benzene rings is 1. The Morgan fingerprint density at radius 1 is 1.09 bits per heavy atom. The highest BCUT2D eigenvalue weighted by atomic mass is 35.5. The van der Waals surface area contributed by atoms with Gasteiger partial charge in [-0.25, -0.2) is 4.42 Å². The molecule has 1 amide bonds. The van der Waals surface area contributed by atoms with E-state index in [9.17, 15) is 4.79 Å². The van der Waals surface area contributed by atoms with Crippen LogP contribution in [0, 0.1) is 0 Å². The molecule has 0 N–H and O–H groups in total. The van der Waals surface area contributed by atoms with Gasteiger partial charge < -0.3 is 4.90 Å². The van der Waals surface area contributed by atoms with Gasteiger partial charge >= 0.3 is 0 Å². The Kier molecular flexibility index (Phi) is 5.51. The van der Waals surface area contributed by atoms with Gasteiger partial charge in [0, 0.05) is 25.2 Å². The first-order chi connectivity index (χ1) is 10.4. The molecule has 0 spiro atoms. The Morgan fingerprint density at radius 3 is 2.05 bits per heavy atom. The Bertz CT molecular complexity index is 485. The molecule has 2 rings (SSSR count). The molecule has 0 unspecified atom stereocenters. The fourth-order valence-corrected chi connectivity index (χ4v) is 3.73. The zero-order valence-corrected chi connectivity index (χ0v) is 14.8. The maximum Gasteiger partial charge on any atom is 0.233 e. The molecule has 3 nitrogen and oxygen atoms in total. The molecular formula is C18H27ClN2O. The van der Waals surface area contributed by atoms with Gasteiger partial charge in [0.1, 0.15) is 0 Å². The molecule has 0 bridgehead atoms. The van der Waals surface area contributed by atoms with E-state index in [4.69, 9.17) is 11.8 Å². The second kappa shape index (κ2) is 7.01. The zero-order chi connectivity index (χ0) is 16.3. The maximum absolute atomic E-state index is 13.5.